The molecule has 1 N–H and O–H groups in total. The number of rotatable bonds is 3. The van der Waals surface area contributed by atoms with Gasteiger partial charge in [-0.15, -0.1) is 0 Å². The van der Waals surface area contributed by atoms with Crippen LogP contribution in [-0.4, -0.2) is 11.0 Å². The predicted molar refractivity (Wildman–Crippen MR) is 104 cm³/mol. The van der Waals surface area contributed by atoms with Gasteiger partial charge in [-0.3, -0.25) is 4.89 Å². The summed E-state index contributed by atoms with van der Waals surface area (Å²) in [5, 5.41) is 2.61. The molecule has 0 bridgehead atoms. The number of aromatic nitrogens is 1. The van der Waals surface area contributed by atoms with Crippen molar-refractivity contribution < 1.29 is 14.6 Å². The SMILES string of the molecule is C=C(C)C(=O)OOc1ccccc1.c1ccc2c(c1)[nH]c1ccccc12. The molecule has 0 aliphatic rings. The van der Waals surface area contributed by atoms with Crippen LogP contribution in [0, 0.1) is 0 Å². The van der Waals surface area contributed by atoms with E-state index in [9.17, 15) is 4.79 Å². The van der Waals surface area contributed by atoms with Gasteiger partial charge in [0.25, 0.3) is 0 Å². The Kier molecular flexibility index (Phi) is 5.34. The molecule has 4 heteroatoms. The number of benzene rings is 3. The van der Waals surface area contributed by atoms with Crippen LogP contribution in [-0.2, 0) is 9.68 Å². The third-order valence-corrected chi connectivity index (χ3v) is 3.72. The van der Waals surface area contributed by atoms with Crippen molar-refractivity contribution in [3.8, 4) is 5.75 Å². The van der Waals surface area contributed by atoms with Crippen LogP contribution >= 0.6 is 0 Å². The van der Waals surface area contributed by atoms with Crippen LogP contribution in [0.25, 0.3) is 21.8 Å². The molecule has 4 rings (SSSR count). The van der Waals surface area contributed by atoms with Gasteiger partial charge >= 0.3 is 5.97 Å². The van der Waals surface area contributed by atoms with Gasteiger partial charge in [0.15, 0.2) is 5.75 Å². The highest BCUT2D eigenvalue weighted by molar-refractivity contribution is 6.06. The van der Waals surface area contributed by atoms with Crippen LogP contribution in [0.2, 0.25) is 0 Å². The summed E-state index contributed by atoms with van der Waals surface area (Å²) in [6.07, 6.45) is 0. The molecule has 4 nitrogen and oxygen atoms in total. The van der Waals surface area contributed by atoms with Gasteiger partial charge in [-0.25, -0.2) is 9.68 Å². The fourth-order valence-corrected chi connectivity index (χ4v) is 2.43. The molecule has 26 heavy (non-hydrogen) atoms. The number of hydrogen-bond donors (Lipinski definition) is 1. The van der Waals surface area contributed by atoms with Crippen molar-refractivity contribution >= 4 is 27.8 Å². The van der Waals surface area contributed by atoms with Crippen molar-refractivity contribution in [1.29, 1.82) is 0 Å². The van der Waals surface area contributed by atoms with Gasteiger partial charge in [0.05, 0.1) is 0 Å². The summed E-state index contributed by atoms with van der Waals surface area (Å²) in [5.41, 5.74) is 2.73. The summed E-state index contributed by atoms with van der Waals surface area (Å²) in [5.74, 6) is -0.0825. The Morgan fingerprint density at radius 3 is 1.85 bits per heavy atom. The Morgan fingerprint density at radius 1 is 0.808 bits per heavy atom. The number of hydrogen-bond acceptors (Lipinski definition) is 3. The molecule has 0 fully saturated rings. The first-order chi connectivity index (χ1) is 12.6. The molecule has 0 atom stereocenters. The van der Waals surface area contributed by atoms with Crippen molar-refractivity contribution in [2.24, 2.45) is 0 Å². The summed E-state index contributed by atoms with van der Waals surface area (Å²) < 4.78 is 0. The van der Waals surface area contributed by atoms with Gasteiger partial charge in [0, 0.05) is 27.4 Å². The van der Waals surface area contributed by atoms with E-state index >= 15 is 0 Å². The van der Waals surface area contributed by atoms with E-state index in [2.05, 4.69) is 65.0 Å². The number of para-hydroxylation sites is 3. The lowest BCUT2D eigenvalue weighted by molar-refractivity contribution is -0.208. The first-order valence-electron chi connectivity index (χ1n) is 8.20. The first kappa shape index (κ1) is 17.3. The molecular formula is C22H19NO3. The fraction of sp³-hybridized carbons (Fsp3) is 0.0455. The van der Waals surface area contributed by atoms with Crippen LogP contribution in [0.15, 0.2) is 91.0 Å². The van der Waals surface area contributed by atoms with Crippen molar-refractivity contribution in [2.75, 3.05) is 0 Å². The Balaban J connectivity index is 0.000000151. The molecule has 4 aromatic rings. The minimum Gasteiger partial charge on any atom is -0.355 e. The van der Waals surface area contributed by atoms with Crippen molar-refractivity contribution in [3.63, 3.8) is 0 Å². The molecule has 1 aromatic heterocycles. The highest BCUT2D eigenvalue weighted by Crippen LogP contribution is 2.24. The zero-order chi connectivity index (χ0) is 18.4. The number of aromatic amines is 1. The third-order valence-electron chi connectivity index (χ3n) is 3.72. The van der Waals surface area contributed by atoms with Gasteiger partial charge in [-0.1, -0.05) is 61.2 Å². The maximum absolute atomic E-state index is 10.9. The van der Waals surface area contributed by atoms with E-state index in [1.807, 2.05) is 6.07 Å². The van der Waals surface area contributed by atoms with Crippen molar-refractivity contribution in [3.05, 3.63) is 91.0 Å². The lowest BCUT2D eigenvalue weighted by atomic mass is 10.2. The number of nitrogens with one attached hydrogen (secondary N) is 1. The number of carbonyl (C=O) groups is 1. The number of carbonyl (C=O) groups excluding carboxylic acids is 1. The van der Waals surface area contributed by atoms with Crippen LogP contribution in [0.3, 0.4) is 0 Å². The van der Waals surface area contributed by atoms with Crippen molar-refractivity contribution in [2.45, 2.75) is 6.92 Å². The maximum Gasteiger partial charge on any atom is 0.381 e. The van der Waals surface area contributed by atoms with E-state index in [0.29, 0.717) is 11.3 Å². The van der Waals surface area contributed by atoms with Gasteiger partial charge in [-0.2, -0.15) is 0 Å². The molecule has 130 valence electrons. The second-order valence-electron chi connectivity index (χ2n) is 5.76. The topological polar surface area (TPSA) is 51.3 Å². The van der Waals surface area contributed by atoms with Crippen LogP contribution in [0.4, 0.5) is 0 Å². The smallest absolute Gasteiger partial charge is 0.355 e. The quantitative estimate of drug-likeness (QED) is 0.306. The zero-order valence-corrected chi connectivity index (χ0v) is 14.4. The molecule has 0 spiro atoms. The van der Waals surface area contributed by atoms with E-state index in [1.165, 1.54) is 21.8 Å². The molecule has 3 aromatic carbocycles. The fourth-order valence-electron chi connectivity index (χ4n) is 2.43. The largest absolute Gasteiger partial charge is 0.381 e. The van der Waals surface area contributed by atoms with Gasteiger partial charge in [0.1, 0.15) is 0 Å². The Hall–Kier alpha value is -3.53. The predicted octanol–water partition coefficient (Wildman–Crippen LogP) is 5.42. The van der Waals surface area contributed by atoms with Gasteiger partial charge in [-0.05, 0) is 31.2 Å². The average Bonchev–Trinajstić information content (AvgIpc) is 3.06. The average molecular weight is 345 g/mol. The summed E-state index contributed by atoms with van der Waals surface area (Å²) >= 11 is 0. The second kappa shape index (κ2) is 8.03. The standard InChI is InChI=1S/C12H9N.C10H10O3/c1-3-7-11-9(5-1)10-6-2-4-8-12(10)13-11;1-8(2)10(11)13-12-9-6-4-3-5-7-9/h1-8,13H;3-7H,1H2,2H3. The highest BCUT2D eigenvalue weighted by Gasteiger charge is 2.04. The highest BCUT2D eigenvalue weighted by atomic mass is 17.2. The molecule has 0 unspecified atom stereocenters. The lowest BCUT2D eigenvalue weighted by Gasteiger charge is -2.02. The molecule has 0 radical (unpaired) electrons. The lowest BCUT2D eigenvalue weighted by Crippen LogP contribution is -2.07. The number of H-pyrrole nitrogens is 1. The number of fused-ring (bicyclic) bond motifs is 3. The van der Waals surface area contributed by atoms with Gasteiger partial charge in [0.2, 0.25) is 0 Å². The Labute approximate surface area is 151 Å². The van der Waals surface area contributed by atoms with Crippen LogP contribution in [0.5, 0.6) is 5.75 Å². The molecular weight excluding hydrogens is 326 g/mol. The molecule has 1 heterocycles. The Morgan fingerprint density at radius 2 is 1.31 bits per heavy atom. The van der Waals surface area contributed by atoms with E-state index in [4.69, 9.17) is 4.89 Å². The third kappa shape index (κ3) is 4.11. The molecule has 0 amide bonds. The summed E-state index contributed by atoms with van der Waals surface area (Å²) in [4.78, 5) is 23.4. The summed E-state index contributed by atoms with van der Waals surface area (Å²) in [6.45, 7) is 4.97. The first-order valence-corrected chi connectivity index (χ1v) is 8.20. The van der Waals surface area contributed by atoms with Crippen LogP contribution in [0.1, 0.15) is 6.92 Å². The normalized spacial score (nSPS) is 10.0. The molecule has 0 saturated heterocycles. The van der Waals surface area contributed by atoms with E-state index < -0.39 is 5.97 Å². The molecule has 0 aliphatic heterocycles. The minimum atomic E-state index is -0.566. The van der Waals surface area contributed by atoms with E-state index in [0.717, 1.165) is 0 Å². The second-order valence-corrected chi connectivity index (χ2v) is 5.76. The summed E-state index contributed by atoms with van der Waals surface area (Å²) in [7, 11) is 0. The maximum atomic E-state index is 10.9. The Bertz CT molecular complexity index is 985. The molecule has 0 saturated carbocycles. The minimum absolute atomic E-state index is 0.302. The monoisotopic (exact) mass is 345 g/mol. The molecule has 0 aliphatic carbocycles. The van der Waals surface area contributed by atoms with E-state index in [-0.39, 0.29) is 0 Å². The zero-order valence-electron chi connectivity index (χ0n) is 14.4. The van der Waals surface area contributed by atoms with Crippen LogP contribution < -0.4 is 4.89 Å². The van der Waals surface area contributed by atoms with Gasteiger partial charge < -0.3 is 4.98 Å². The van der Waals surface area contributed by atoms with E-state index in [1.54, 1.807) is 31.2 Å². The summed E-state index contributed by atoms with van der Waals surface area (Å²) in [6, 6.07) is 25.5. The van der Waals surface area contributed by atoms with Crippen molar-refractivity contribution in [1.82, 2.24) is 4.98 Å².